The Bertz CT molecular complexity index is 1260. The monoisotopic (exact) mass is 488 g/mol. The number of nitrogens with zero attached hydrogens (tertiary/aromatic N) is 2. The van der Waals surface area contributed by atoms with Gasteiger partial charge in [-0.15, -0.1) is 11.8 Å². The molecular weight excluding hydrogens is 462 g/mol. The molecule has 0 aliphatic carbocycles. The quantitative estimate of drug-likeness (QED) is 0.479. The molecule has 0 aliphatic rings. The predicted molar refractivity (Wildman–Crippen MR) is 131 cm³/mol. The summed E-state index contributed by atoms with van der Waals surface area (Å²) in [5.74, 6) is -2.11. The highest BCUT2D eigenvalue weighted by Gasteiger charge is 2.25. The minimum absolute atomic E-state index is 0.113. The number of carbonyl (C=O) groups excluding carboxylic acids is 1. The first kappa shape index (κ1) is 25.2. The summed E-state index contributed by atoms with van der Waals surface area (Å²) in [6.07, 6.45) is 0.518. The van der Waals surface area contributed by atoms with Crippen LogP contribution in [0.4, 0.5) is 20.3 Å². The van der Waals surface area contributed by atoms with Crippen LogP contribution in [0, 0.1) is 11.6 Å². The number of aromatic nitrogens is 2. The van der Waals surface area contributed by atoms with E-state index in [1.807, 2.05) is 37.3 Å². The number of rotatable bonds is 9. The lowest BCUT2D eigenvalue weighted by Gasteiger charge is -2.24. The largest absolute Gasteiger partial charge is 0.383 e. The number of anilines is 2. The van der Waals surface area contributed by atoms with Crippen LogP contribution in [0.25, 0.3) is 0 Å². The van der Waals surface area contributed by atoms with Crippen LogP contribution in [0.5, 0.6) is 0 Å². The first-order chi connectivity index (χ1) is 16.2. The number of H-pyrrole nitrogens is 1. The Balaban J connectivity index is 1.89. The summed E-state index contributed by atoms with van der Waals surface area (Å²) in [5, 5.41) is -0.642. The number of nitrogen functional groups attached to an aromatic ring is 1. The zero-order chi connectivity index (χ0) is 24.8. The molecule has 34 heavy (non-hydrogen) atoms. The maximum Gasteiger partial charge on any atom is 0.330 e. The molecule has 0 fully saturated rings. The van der Waals surface area contributed by atoms with Crippen LogP contribution in [0.2, 0.25) is 0 Å². The second kappa shape index (κ2) is 11.1. The lowest BCUT2D eigenvalue weighted by atomic mass is 10.1. The molecule has 3 aromatic rings. The fraction of sp³-hybridized carbons (Fsp3) is 0.292. The van der Waals surface area contributed by atoms with Crippen molar-refractivity contribution in [3.8, 4) is 0 Å². The van der Waals surface area contributed by atoms with Gasteiger partial charge in [-0.1, -0.05) is 43.3 Å². The average Bonchev–Trinajstić information content (AvgIpc) is 2.80. The van der Waals surface area contributed by atoms with Gasteiger partial charge in [0.25, 0.3) is 5.56 Å². The van der Waals surface area contributed by atoms with Crippen molar-refractivity contribution in [2.24, 2.45) is 0 Å². The van der Waals surface area contributed by atoms with E-state index in [0.717, 1.165) is 29.5 Å². The minimum atomic E-state index is -0.771. The molecule has 2 aromatic carbocycles. The van der Waals surface area contributed by atoms with Gasteiger partial charge in [0.15, 0.2) is 5.69 Å². The molecule has 0 radical (unpaired) electrons. The van der Waals surface area contributed by atoms with E-state index in [9.17, 15) is 23.2 Å². The third-order valence-electron chi connectivity index (χ3n) is 5.28. The Hall–Kier alpha value is -3.40. The van der Waals surface area contributed by atoms with Crippen molar-refractivity contribution in [3.63, 3.8) is 0 Å². The SMILES string of the molecule is CCCN(C(=O)CSC(C)c1c(F)cccc1F)c1c(N)n(Cc2ccccc2)c(=O)[nH]c1=O. The van der Waals surface area contributed by atoms with Gasteiger partial charge in [0, 0.05) is 17.4 Å². The number of aromatic amines is 1. The van der Waals surface area contributed by atoms with Gasteiger partial charge in [0.05, 0.1) is 12.3 Å². The average molecular weight is 489 g/mol. The van der Waals surface area contributed by atoms with Gasteiger partial charge in [-0.3, -0.25) is 19.1 Å². The summed E-state index contributed by atoms with van der Waals surface area (Å²) in [6.45, 7) is 3.72. The van der Waals surface area contributed by atoms with Crippen LogP contribution >= 0.6 is 11.8 Å². The molecule has 180 valence electrons. The fourth-order valence-electron chi connectivity index (χ4n) is 3.60. The molecule has 1 atom stereocenters. The standard InChI is InChI=1S/C24H26F2N4O3S/c1-3-12-29(19(31)14-34-15(2)20-17(25)10-7-11-18(20)26)21-22(27)30(24(33)28-23(21)32)13-16-8-5-4-6-9-16/h4-11,15H,3,12-14,27H2,1-2H3,(H,28,32,33). The number of thioether (sulfide) groups is 1. The molecule has 0 bridgehead atoms. The highest BCUT2D eigenvalue weighted by Crippen LogP contribution is 2.32. The van der Waals surface area contributed by atoms with E-state index in [-0.39, 0.29) is 35.9 Å². The van der Waals surface area contributed by atoms with Crippen molar-refractivity contribution < 1.29 is 13.6 Å². The topological polar surface area (TPSA) is 101 Å². The number of benzene rings is 2. The number of hydrogen-bond donors (Lipinski definition) is 2. The van der Waals surface area contributed by atoms with Crippen molar-refractivity contribution in [1.29, 1.82) is 0 Å². The highest BCUT2D eigenvalue weighted by atomic mass is 32.2. The Labute approximate surface area is 199 Å². The third-order valence-corrected chi connectivity index (χ3v) is 6.43. The van der Waals surface area contributed by atoms with E-state index in [4.69, 9.17) is 5.73 Å². The normalized spacial score (nSPS) is 11.9. The molecule has 7 nitrogen and oxygen atoms in total. The molecule has 0 saturated carbocycles. The van der Waals surface area contributed by atoms with Crippen molar-refractivity contribution in [2.45, 2.75) is 32.1 Å². The number of hydrogen-bond acceptors (Lipinski definition) is 5. The van der Waals surface area contributed by atoms with Crippen LogP contribution in [0.1, 0.15) is 36.6 Å². The van der Waals surface area contributed by atoms with Gasteiger partial charge in [0.2, 0.25) is 5.91 Å². The molecule has 10 heteroatoms. The van der Waals surface area contributed by atoms with Crippen LogP contribution in [-0.4, -0.2) is 27.8 Å². The lowest BCUT2D eigenvalue weighted by Crippen LogP contribution is -2.42. The molecule has 1 unspecified atom stereocenters. The summed E-state index contributed by atoms with van der Waals surface area (Å²) < 4.78 is 29.4. The fourth-order valence-corrected chi connectivity index (χ4v) is 4.54. The van der Waals surface area contributed by atoms with E-state index in [2.05, 4.69) is 4.98 Å². The summed E-state index contributed by atoms with van der Waals surface area (Å²) in [5.41, 5.74) is 5.33. The van der Waals surface area contributed by atoms with Gasteiger partial charge in [-0.05, 0) is 31.0 Å². The summed E-state index contributed by atoms with van der Waals surface area (Å²) in [7, 11) is 0. The zero-order valence-corrected chi connectivity index (χ0v) is 19.7. The first-order valence-electron chi connectivity index (χ1n) is 10.8. The molecule has 0 spiro atoms. The number of halogens is 2. The summed E-state index contributed by atoms with van der Waals surface area (Å²) in [4.78, 5) is 41.7. The van der Waals surface area contributed by atoms with Gasteiger partial charge >= 0.3 is 5.69 Å². The first-order valence-corrected chi connectivity index (χ1v) is 11.8. The van der Waals surface area contributed by atoms with E-state index < -0.39 is 34.0 Å². The van der Waals surface area contributed by atoms with E-state index in [0.29, 0.717) is 6.42 Å². The van der Waals surface area contributed by atoms with Crippen LogP contribution < -0.4 is 21.9 Å². The molecule has 1 heterocycles. The minimum Gasteiger partial charge on any atom is -0.383 e. The van der Waals surface area contributed by atoms with Crippen molar-refractivity contribution in [1.82, 2.24) is 9.55 Å². The van der Waals surface area contributed by atoms with Gasteiger partial charge < -0.3 is 10.6 Å². The Kier molecular flexibility index (Phi) is 8.27. The predicted octanol–water partition coefficient (Wildman–Crippen LogP) is 3.68. The van der Waals surface area contributed by atoms with E-state index in [1.165, 1.54) is 15.5 Å². The second-order valence-electron chi connectivity index (χ2n) is 7.70. The van der Waals surface area contributed by atoms with Gasteiger partial charge in [-0.2, -0.15) is 0 Å². The van der Waals surface area contributed by atoms with Crippen LogP contribution in [-0.2, 0) is 11.3 Å². The van der Waals surface area contributed by atoms with Crippen molar-refractivity contribution >= 4 is 29.2 Å². The summed E-state index contributed by atoms with van der Waals surface area (Å²) >= 11 is 1.04. The van der Waals surface area contributed by atoms with Crippen LogP contribution in [0.3, 0.4) is 0 Å². The second-order valence-corrected chi connectivity index (χ2v) is 9.03. The smallest absolute Gasteiger partial charge is 0.330 e. The molecule has 0 aliphatic heterocycles. The molecule has 1 aromatic heterocycles. The van der Waals surface area contributed by atoms with Crippen molar-refractivity contribution in [2.75, 3.05) is 22.9 Å². The maximum absolute atomic E-state index is 14.1. The van der Waals surface area contributed by atoms with Gasteiger partial charge in [0.1, 0.15) is 17.5 Å². The van der Waals surface area contributed by atoms with E-state index >= 15 is 0 Å². The Morgan fingerprint density at radius 1 is 1.12 bits per heavy atom. The molecule has 3 N–H and O–H groups in total. The third kappa shape index (κ3) is 5.56. The lowest BCUT2D eigenvalue weighted by molar-refractivity contribution is -0.116. The Morgan fingerprint density at radius 3 is 2.38 bits per heavy atom. The number of nitrogens with two attached hydrogens (primary N) is 1. The highest BCUT2D eigenvalue weighted by molar-refractivity contribution is 8.00. The van der Waals surface area contributed by atoms with Crippen molar-refractivity contribution in [3.05, 3.63) is 92.1 Å². The Morgan fingerprint density at radius 2 is 1.76 bits per heavy atom. The molecular formula is C24H26F2N4O3S. The van der Waals surface area contributed by atoms with Crippen LogP contribution in [0.15, 0.2) is 58.1 Å². The number of nitrogens with one attached hydrogen (secondary N) is 1. The molecule has 0 saturated heterocycles. The molecule has 1 amide bonds. The molecule has 3 rings (SSSR count). The zero-order valence-electron chi connectivity index (χ0n) is 18.9. The number of amides is 1. The summed E-state index contributed by atoms with van der Waals surface area (Å²) in [6, 6.07) is 12.7. The maximum atomic E-state index is 14.1. The van der Waals surface area contributed by atoms with E-state index in [1.54, 1.807) is 6.92 Å². The number of carbonyl (C=O) groups is 1. The van der Waals surface area contributed by atoms with Gasteiger partial charge in [-0.25, -0.2) is 13.6 Å².